The molecule has 3 N–H and O–H groups in total. The van der Waals surface area contributed by atoms with Crippen molar-refractivity contribution in [1.29, 1.82) is 0 Å². The molecule has 1 aromatic heterocycles. The van der Waals surface area contributed by atoms with Crippen LogP contribution in [-0.4, -0.2) is 141 Å². The van der Waals surface area contributed by atoms with E-state index in [1.165, 1.54) is 0 Å². The van der Waals surface area contributed by atoms with Crippen molar-refractivity contribution in [3.8, 4) is 23.0 Å². The number of carbonyl (C=O) groups is 3. The molecule has 0 atom stereocenters. The number of rotatable bonds is 31. The zero-order valence-corrected chi connectivity index (χ0v) is 49.3. The fourth-order valence-corrected chi connectivity index (χ4v) is 9.06. The number of carboxylic acids is 1. The van der Waals surface area contributed by atoms with E-state index in [9.17, 15) is 14.4 Å². The lowest BCUT2D eigenvalue weighted by Crippen LogP contribution is -2.47. The summed E-state index contributed by atoms with van der Waals surface area (Å²) in [6, 6.07) is 14.7. The third-order valence-electron chi connectivity index (χ3n) is 9.19. The molecule has 408 valence electrons. The van der Waals surface area contributed by atoms with Crippen LogP contribution in [0.5, 0.6) is 23.0 Å². The summed E-state index contributed by atoms with van der Waals surface area (Å²) in [6.07, 6.45) is 0.257. The summed E-state index contributed by atoms with van der Waals surface area (Å²) in [5, 5.41) is 22.5. The number of halogens is 3. The monoisotopic (exact) mass is 1370 g/mol. The molecule has 0 saturated carbocycles. The minimum Gasteiger partial charge on any atom is -0.491 e. The number of nitrogens with zero attached hydrogens (tertiary/aromatic N) is 4. The molecule has 0 aliphatic rings. The molecule has 21 nitrogen and oxygen atoms in total. The van der Waals surface area contributed by atoms with Gasteiger partial charge in [0.1, 0.15) is 47.4 Å². The molecule has 0 saturated heterocycles. The van der Waals surface area contributed by atoms with E-state index in [4.69, 9.17) is 57.2 Å². The smallest absolute Gasteiger partial charge is 0.414 e. The van der Waals surface area contributed by atoms with Gasteiger partial charge in [-0.2, -0.15) is 0 Å². The molecular formula is C50H67I3N6O15. The number of alkyl carbamates (subject to hydrolysis) is 2. The molecule has 0 unspecified atom stereocenters. The Morgan fingerprint density at radius 2 is 1.11 bits per heavy atom. The second-order valence-corrected chi connectivity index (χ2v) is 21.4. The Balaban J connectivity index is 0.941. The Bertz CT molecular complexity index is 2320. The Labute approximate surface area is 473 Å². The van der Waals surface area contributed by atoms with E-state index >= 15 is 0 Å². The Kier molecular flexibility index (Phi) is 27.9. The summed E-state index contributed by atoms with van der Waals surface area (Å²) in [7, 11) is 0. The lowest BCUT2D eigenvalue weighted by Gasteiger charge is -2.22. The van der Waals surface area contributed by atoms with Gasteiger partial charge in [0.15, 0.2) is 5.75 Å². The number of carbonyl (C=O) groups excluding carboxylic acids is 2. The van der Waals surface area contributed by atoms with Crippen LogP contribution in [0.1, 0.15) is 63.9 Å². The molecule has 4 rings (SSSR count). The second-order valence-electron chi connectivity index (χ2n) is 18.0. The molecule has 4 aromatic rings. The van der Waals surface area contributed by atoms with Crippen LogP contribution in [-0.2, 0) is 68.8 Å². The van der Waals surface area contributed by atoms with Gasteiger partial charge in [0.05, 0.1) is 116 Å². The summed E-state index contributed by atoms with van der Waals surface area (Å²) in [4.78, 5) is 40.1. The number of benzene rings is 3. The first-order valence-electron chi connectivity index (χ1n) is 23.6. The molecule has 24 heteroatoms. The van der Waals surface area contributed by atoms with Gasteiger partial charge in [-0.25, -0.2) is 19.3 Å². The molecule has 0 bridgehead atoms. The van der Waals surface area contributed by atoms with Crippen LogP contribution in [0, 0.1) is 17.6 Å². The number of aromatic nitrogens is 3. The van der Waals surface area contributed by atoms with E-state index < -0.39 is 29.4 Å². The van der Waals surface area contributed by atoms with Crippen LogP contribution < -0.4 is 24.8 Å². The highest BCUT2D eigenvalue weighted by molar-refractivity contribution is 14.1. The predicted molar refractivity (Wildman–Crippen MR) is 298 cm³/mol. The number of ether oxygens (including phenoxy) is 11. The molecule has 0 aliphatic heterocycles. The highest BCUT2D eigenvalue weighted by Gasteiger charge is 2.22. The minimum absolute atomic E-state index is 0.0452. The van der Waals surface area contributed by atoms with Gasteiger partial charge < -0.3 is 57.2 Å². The molecule has 0 spiro atoms. The summed E-state index contributed by atoms with van der Waals surface area (Å²) >= 11 is 6.55. The quantitative estimate of drug-likeness (QED) is 0.0185. The van der Waals surface area contributed by atoms with Crippen molar-refractivity contribution in [3.63, 3.8) is 0 Å². The lowest BCUT2D eigenvalue weighted by atomic mass is 10.1. The van der Waals surface area contributed by atoms with Gasteiger partial charge in [-0.3, -0.25) is 15.4 Å². The third-order valence-corrected chi connectivity index (χ3v) is 11.6. The van der Waals surface area contributed by atoms with E-state index in [0.717, 1.165) is 33.2 Å². The number of guanidine groups is 1. The normalized spacial score (nSPS) is 11.5. The van der Waals surface area contributed by atoms with E-state index in [1.54, 1.807) is 58.4 Å². The molecule has 0 fully saturated rings. The zero-order chi connectivity index (χ0) is 53.9. The van der Waals surface area contributed by atoms with Crippen LogP contribution in [0.4, 0.5) is 9.59 Å². The molecule has 74 heavy (non-hydrogen) atoms. The van der Waals surface area contributed by atoms with Gasteiger partial charge in [0.25, 0.3) is 0 Å². The van der Waals surface area contributed by atoms with Crippen LogP contribution in [0.2, 0.25) is 0 Å². The minimum atomic E-state index is -0.877. The topological polar surface area (TPSA) is 240 Å². The van der Waals surface area contributed by atoms with E-state index in [2.05, 4.69) is 93.7 Å². The maximum atomic E-state index is 12.3. The largest absolute Gasteiger partial charge is 0.491 e. The van der Waals surface area contributed by atoms with E-state index in [-0.39, 0.29) is 25.5 Å². The van der Waals surface area contributed by atoms with Gasteiger partial charge >= 0.3 is 18.2 Å². The Hall–Kier alpha value is -4.17. The number of aliphatic carboxylic acids is 1. The van der Waals surface area contributed by atoms with Gasteiger partial charge in [0, 0.05) is 0 Å². The first-order chi connectivity index (χ1) is 35.2. The summed E-state index contributed by atoms with van der Waals surface area (Å²) < 4.78 is 66.5. The molecule has 1 heterocycles. The average molecular weight is 1370 g/mol. The Morgan fingerprint density at radius 1 is 0.622 bits per heavy atom. The van der Waals surface area contributed by atoms with Crippen molar-refractivity contribution in [1.82, 2.24) is 25.6 Å². The lowest BCUT2D eigenvalue weighted by molar-refractivity contribution is -0.136. The van der Waals surface area contributed by atoms with Gasteiger partial charge in [-0.05, 0) is 169 Å². The van der Waals surface area contributed by atoms with Gasteiger partial charge in [0.2, 0.25) is 5.96 Å². The predicted octanol–water partition coefficient (Wildman–Crippen LogP) is 8.48. The fraction of sp³-hybridized carbons (Fsp3) is 0.520. The SMILES string of the molecule is Cc1cc(Oc2c(I)cc(CC(=O)O)cc2I)cc(I)c1OCc1cn(CCOCCOCCOCCOCCOCCOCCOc2ccc(CN=C(NC(=O)OC(C)(C)C)NC(=O)OC(C)(C)C)cc2)nn1. The number of aryl methyl sites for hydroxylation is 1. The highest BCUT2D eigenvalue weighted by Crippen LogP contribution is 2.37. The van der Waals surface area contributed by atoms with Gasteiger partial charge in [-0.15, -0.1) is 5.10 Å². The third kappa shape index (κ3) is 26.5. The maximum Gasteiger partial charge on any atom is 0.414 e. The number of aliphatic imine (C=N–C) groups is 1. The van der Waals surface area contributed by atoms with Crippen LogP contribution in [0.15, 0.2) is 59.7 Å². The van der Waals surface area contributed by atoms with Gasteiger partial charge in [-0.1, -0.05) is 17.3 Å². The summed E-state index contributed by atoms with van der Waals surface area (Å²) in [5.41, 5.74) is 1.64. The average Bonchev–Trinajstić information content (AvgIpc) is 3.76. The molecular weight excluding hydrogens is 1310 g/mol. The fourth-order valence-electron chi connectivity index (χ4n) is 6.06. The van der Waals surface area contributed by atoms with Crippen molar-refractivity contribution in [2.75, 3.05) is 85.9 Å². The number of amides is 2. The number of hydrogen-bond donors (Lipinski definition) is 3. The first-order valence-corrected chi connectivity index (χ1v) is 26.9. The van der Waals surface area contributed by atoms with Crippen molar-refractivity contribution < 1.29 is 71.6 Å². The zero-order valence-electron chi connectivity index (χ0n) is 42.8. The second kappa shape index (κ2) is 33.1. The molecule has 0 aliphatic carbocycles. The first kappa shape index (κ1) is 62.4. The van der Waals surface area contributed by atoms with E-state index in [0.29, 0.717) is 115 Å². The van der Waals surface area contributed by atoms with Crippen molar-refractivity contribution in [2.24, 2.45) is 4.99 Å². The van der Waals surface area contributed by atoms with Crippen LogP contribution >= 0.6 is 67.8 Å². The number of hydrogen-bond acceptors (Lipinski definition) is 17. The van der Waals surface area contributed by atoms with Crippen molar-refractivity contribution in [2.45, 2.75) is 85.8 Å². The molecule has 2 amide bonds. The molecule has 3 aromatic carbocycles. The highest BCUT2D eigenvalue weighted by atomic mass is 127. The standard InChI is InChI=1S/C50H67I3N6O15/c1-34-26-39(72-45-40(51)27-36(28-41(45)52)29-43(60)61)30-42(53)44(34)71-33-37-32-59(58-57-37)12-13-64-14-15-65-16-17-66-18-19-67-20-21-68-22-23-69-24-25-70-38-10-8-35(9-11-38)31-54-46(55-47(62)73-49(2,3)4)56-48(63)74-50(5,6)7/h8-11,26-28,30,32H,12-25,29,31,33H2,1-7H3,(H,60,61)(H2,54,55,56,62,63). The molecule has 0 radical (unpaired) electrons. The maximum absolute atomic E-state index is 12.3. The number of nitrogens with one attached hydrogen (secondary N) is 2. The van der Waals surface area contributed by atoms with Crippen molar-refractivity contribution >= 4 is 91.9 Å². The van der Waals surface area contributed by atoms with Crippen LogP contribution in [0.3, 0.4) is 0 Å². The summed E-state index contributed by atoms with van der Waals surface area (Å²) in [6.45, 7) is 18.8. The van der Waals surface area contributed by atoms with E-state index in [1.807, 2.05) is 49.5 Å². The van der Waals surface area contributed by atoms with Crippen LogP contribution in [0.25, 0.3) is 0 Å². The van der Waals surface area contributed by atoms with Crippen molar-refractivity contribution in [3.05, 3.63) is 87.8 Å². The number of carboxylic acid groups (broad SMARTS) is 1. The Morgan fingerprint density at radius 3 is 1.59 bits per heavy atom. The summed E-state index contributed by atoms with van der Waals surface area (Å²) in [5.74, 6) is 1.73.